The number of rotatable bonds is 3. The molecule has 6 nitrogen and oxygen atoms in total. The zero-order valence-electron chi connectivity index (χ0n) is 10.9. The summed E-state index contributed by atoms with van der Waals surface area (Å²) in [7, 11) is 0. The smallest absolute Gasteiger partial charge is 0.409 e. The minimum atomic E-state index is -0.258. The molecule has 1 aromatic heterocycles. The number of ether oxygens (including phenoxy) is 1. The second-order valence-corrected chi connectivity index (χ2v) is 4.24. The van der Waals surface area contributed by atoms with Crippen molar-refractivity contribution in [2.75, 3.05) is 37.7 Å². The van der Waals surface area contributed by atoms with Gasteiger partial charge in [-0.05, 0) is 19.1 Å². The van der Waals surface area contributed by atoms with Crippen LogP contribution in [-0.4, -0.2) is 55.0 Å². The molecule has 19 heavy (non-hydrogen) atoms. The molecule has 0 saturated carbocycles. The van der Waals surface area contributed by atoms with Crippen LogP contribution in [0.15, 0.2) is 18.3 Å². The van der Waals surface area contributed by atoms with E-state index >= 15 is 0 Å². The summed E-state index contributed by atoms with van der Waals surface area (Å²) in [6, 6.07) is 3.57. The fourth-order valence-corrected chi connectivity index (χ4v) is 1.99. The molecule has 2 heterocycles. The molecule has 0 N–H and O–H groups in total. The number of amides is 1. The van der Waals surface area contributed by atoms with Crippen molar-refractivity contribution < 1.29 is 14.3 Å². The van der Waals surface area contributed by atoms with Crippen LogP contribution in [0, 0.1) is 0 Å². The number of hydrogen-bond donors (Lipinski definition) is 0. The van der Waals surface area contributed by atoms with Gasteiger partial charge in [0, 0.05) is 37.9 Å². The molecule has 0 aliphatic carbocycles. The molecule has 2 rings (SSSR count). The minimum absolute atomic E-state index is 0.258. The van der Waals surface area contributed by atoms with E-state index in [0.717, 1.165) is 12.1 Å². The Balaban J connectivity index is 1.91. The highest BCUT2D eigenvalue weighted by Gasteiger charge is 2.22. The first-order chi connectivity index (χ1) is 9.24. The number of anilines is 1. The number of pyridine rings is 1. The minimum Gasteiger partial charge on any atom is -0.450 e. The molecule has 6 heteroatoms. The molecule has 0 spiro atoms. The molecule has 0 aromatic carbocycles. The van der Waals surface area contributed by atoms with E-state index < -0.39 is 0 Å². The van der Waals surface area contributed by atoms with E-state index in [4.69, 9.17) is 4.74 Å². The van der Waals surface area contributed by atoms with Crippen molar-refractivity contribution in [3.05, 3.63) is 23.9 Å². The topological polar surface area (TPSA) is 62.7 Å². The Labute approximate surface area is 112 Å². The molecular weight excluding hydrogens is 246 g/mol. The van der Waals surface area contributed by atoms with Crippen LogP contribution >= 0.6 is 0 Å². The van der Waals surface area contributed by atoms with Crippen LogP contribution in [0.3, 0.4) is 0 Å². The van der Waals surface area contributed by atoms with Crippen molar-refractivity contribution in [1.82, 2.24) is 9.88 Å². The molecule has 0 unspecified atom stereocenters. The quantitative estimate of drug-likeness (QED) is 0.766. The zero-order chi connectivity index (χ0) is 13.7. The van der Waals surface area contributed by atoms with Crippen molar-refractivity contribution in [2.45, 2.75) is 6.92 Å². The van der Waals surface area contributed by atoms with Crippen LogP contribution in [0.2, 0.25) is 0 Å². The number of hydrogen-bond acceptors (Lipinski definition) is 5. The van der Waals surface area contributed by atoms with Crippen LogP contribution in [0.1, 0.15) is 17.3 Å². The molecule has 0 radical (unpaired) electrons. The maximum absolute atomic E-state index is 11.6. The first kappa shape index (κ1) is 13.3. The Bertz CT molecular complexity index is 439. The molecule has 1 saturated heterocycles. The zero-order valence-corrected chi connectivity index (χ0v) is 10.9. The van der Waals surface area contributed by atoms with Gasteiger partial charge in [0.1, 0.15) is 5.82 Å². The van der Waals surface area contributed by atoms with Crippen LogP contribution in [0.25, 0.3) is 0 Å². The van der Waals surface area contributed by atoms with Gasteiger partial charge in [0.25, 0.3) is 0 Å². The summed E-state index contributed by atoms with van der Waals surface area (Å²) in [5, 5.41) is 0. The summed E-state index contributed by atoms with van der Waals surface area (Å²) in [4.78, 5) is 30.1. The second kappa shape index (κ2) is 6.17. The molecule has 1 aliphatic heterocycles. The fraction of sp³-hybridized carbons (Fsp3) is 0.462. The van der Waals surface area contributed by atoms with Crippen LogP contribution in [-0.2, 0) is 4.74 Å². The highest BCUT2D eigenvalue weighted by atomic mass is 16.6. The summed E-state index contributed by atoms with van der Waals surface area (Å²) in [6.45, 7) is 4.87. The Kier molecular flexibility index (Phi) is 4.33. The highest BCUT2D eigenvalue weighted by Crippen LogP contribution is 2.14. The average molecular weight is 263 g/mol. The third-order valence-corrected chi connectivity index (χ3v) is 3.04. The molecule has 1 aromatic rings. The van der Waals surface area contributed by atoms with Gasteiger partial charge in [-0.2, -0.15) is 0 Å². The SMILES string of the molecule is CCOC(=O)N1CCN(c2ccc(C=O)cn2)CC1. The Morgan fingerprint density at radius 3 is 2.63 bits per heavy atom. The van der Waals surface area contributed by atoms with Crippen LogP contribution < -0.4 is 4.90 Å². The summed E-state index contributed by atoms with van der Waals surface area (Å²) in [5.74, 6) is 0.828. The summed E-state index contributed by atoms with van der Waals surface area (Å²) in [6.07, 6.45) is 2.07. The van der Waals surface area contributed by atoms with Gasteiger partial charge in [-0.1, -0.05) is 0 Å². The van der Waals surface area contributed by atoms with Gasteiger partial charge in [0.2, 0.25) is 0 Å². The van der Waals surface area contributed by atoms with Gasteiger partial charge in [-0.25, -0.2) is 9.78 Å². The highest BCUT2D eigenvalue weighted by molar-refractivity contribution is 5.74. The lowest BCUT2D eigenvalue weighted by atomic mass is 10.3. The van der Waals surface area contributed by atoms with Crippen molar-refractivity contribution in [3.8, 4) is 0 Å². The van der Waals surface area contributed by atoms with E-state index in [9.17, 15) is 9.59 Å². The second-order valence-electron chi connectivity index (χ2n) is 4.24. The number of carbonyl (C=O) groups is 2. The molecule has 1 fully saturated rings. The summed E-state index contributed by atoms with van der Waals surface area (Å²) < 4.78 is 4.97. The molecular formula is C13H17N3O3. The Hall–Kier alpha value is -2.11. The summed E-state index contributed by atoms with van der Waals surface area (Å²) in [5.41, 5.74) is 0.564. The predicted molar refractivity (Wildman–Crippen MR) is 70.4 cm³/mol. The summed E-state index contributed by atoms with van der Waals surface area (Å²) >= 11 is 0. The Morgan fingerprint density at radius 2 is 2.11 bits per heavy atom. The number of nitrogens with zero attached hydrogens (tertiary/aromatic N) is 3. The number of piperazine rings is 1. The van der Waals surface area contributed by atoms with Crippen molar-refractivity contribution in [1.29, 1.82) is 0 Å². The monoisotopic (exact) mass is 263 g/mol. The van der Waals surface area contributed by atoms with Crippen molar-refractivity contribution in [2.24, 2.45) is 0 Å². The van der Waals surface area contributed by atoms with Gasteiger partial charge in [-0.15, -0.1) is 0 Å². The molecule has 102 valence electrons. The molecule has 0 bridgehead atoms. The van der Waals surface area contributed by atoms with E-state index in [1.54, 1.807) is 24.1 Å². The molecule has 0 atom stereocenters. The Morgan fingerprint density at radius 1 is 1.37 bits per heavy atom. The van der Waals surface area contributed by atoms with E-state index in [1.807, 2.05) is 6.07 Å². The maximum Gasteiger partial charge on any atom is 0.409 e. The van der Waals surface area contributed by atoms with Gasteiger partial charge < -0.3 is 14.5 Å². The van der Waals surface area contributed by atoms with Gasteiger partial charge in [0.05, 0.1) is 6.61 Å². The van der Waals surface area contributed by atoms with Gasteiger partial charge in [-0.3, -0.25) is 4.79 Å². The maximum atomic E-state index is 11.6. The van der Waals surface area contributed by atoms with E-state index in [-0.39, 0.29) is 6.09 Å². The molecule has 1 amide bonds. The fourth-order valence-electron chi connectivity index (χ4n) is 1.99. The van der Waals surface area contributed by atoms with Gasteiger partial charge in [0.15, 0.2) is 6.29 Å². The normalized spacial score (nSPS) is 15.2. The van der Waals surface area contributed by atoms with Crippen LogP contribution in [0.5, 0.6) is 0 Å². The van der Waals surface area contributed by atoms with Gasteiger partial charge >= 0.3 is 6.09 Å². The number of carbonyl (C=O) groups excluding carboxylic acids is 2. The average Bonchev–Trinajstić information content (AvgIpc) is 2.48. The third kappa shape index (κ3) is 3.21. The lowest BCUT2D eigenvalue weighted by Crippen LogP contribution is -2.49. The van der Waals surface area contributed by atoms with Crippen LogP contribution in [0.4, 0.5) is 10.6 Å². The van der Waals surface area contributed by atoms with E-state index in [1.165, 1.54) is 0 Å². The largest absolute Gasteiger partial charge is 0.450 e. The number of aldehydes is 1. The van der Waals surface area contributed by atoms with Crippen molar-refractivity contribution >= 4 is 18.2 Å². The first-order valence-electron chi connectivity index (χ1n) is 6.32. The first-order valence-corrected chi connectivity index (χ1v) is 6.32. The van der Waals surface area contributed by atoms with Crippen molar-refractivity contribution in [3.63, 3.8) is 0 Å². The number of aromatic nitrogens is 1. The standard InChI is InChI=1S/C13H17N3O3/c1-2-19-13(18)16-7-5-15(6-8-16)12-4-3-11(10-17)9-14-12/h3-4,9-10H,2,5-8H2,1H3. The lowest BCUT2D eigenvalue weighted by molar-refractivity contribution is 0.105. The third-order valence-electron chi connectivity index (χ3n) is 3.04. The van der Waals surface area contributed by atoms with E-state index in [0.29, 0.717) is 38.3 Å². The predicted octanol–water partition coefficient (Wildman–Crippen LogP) is 1.17. The van der Waals surface area contributed by atoms with E-state index in [2.05, 4.69) is 9.88 Å². The molecule has 1 aliphatic rings. The lowest BCUT2D eigenvalue weighted by Gasteiger charge is -2.34.